The van der Waals surface area contributed by atoms with E-state index >= 15 is 0 Å². The average Bonchev–Trinajstić information content (AvgIpc) is 3.01. The highest BCUT2D eigenvalue weighted by molar-refractivity contribution is 5.81. The van der Waals surface area contributed by atoms with Crippen LogP contribution < -0.4 is 0 Å². The van der Waals surface area contributed by atoms with Crippen LogP contribution in [0.25, 0.3) is 0 Å². The quantitative estimate of drug-likeness (QED) is 0.703. The fourth-order valence-corrected chi connectivity index (χ4v) is 3.49. The lowest BCUT2D eigenvalue weighted by Gasteiger charge is -2.22. The molecule has 0 spiro atoms. The summed E-state index contributed by atoms with van der Waals surface area (Å²) >= 11 is 0. The van der Waals surface area contributed by atoms with Crippen molar-refractivity contribution >= 4 is 5.91 Å². The molecule has 2 saturated heterocycles. The number of hydrogen-bond donors (Lipinski definition) is 0. The van der Waals surface area contributed by atoms with Gasteiger partial charge in [0.2, 0.25) is 5.91 Å². The summed E-state index contributed by atoms with van der Waals surface area (Å²) in [7, 11) is 0. The first-order valence-electron chi connectivity index (χ1n) is 7.16. The van der Waals surface area contributed by atoms with E-state index in [0.29, 0.717) is 13.0 Å². The van der Waals surface area contributed by atoms with Gasteiger partial charge in [0.05, 0.1) is 11.1 Å². The maximum atomic E-state index is 12.9. The van der Waals surface area contributed by atoms with Crippen molar-refractivity contribution in [2.45, 2.75) is 43.6 Å². The lowest BCUT2D eigenvalue weighted by Crippen LogP contribution is -2.28. The molecule has 0 N–H and O–H groups in total. The number of halogens is 6. The molecule has 2 fully saturated rings. The number of carbonyl (C=O) groups is 1. The number of benzene rings is 1. The summed E-state index contributed by atoms with van der Waals surface area (Å²) in [6, 6.07) is 1.31. The van der Waals surface area contributed by atoms with Crippen molar-refractivity contribution in [1.82, 2.24) is 4.90 Å². The van der Waals surface area contributed by atoms with Crippen LogP contribution in [0, 0.1) is 0 Å². The molecule has 0 radical (unpaired) electrons. The van der Waals surface area contributed by atoms with Crippen LogP contribution in [0.15, 0.2) is 18.2 Å². The first kappa shape index (κ1) is 16.1. The van der Waals surface area contributed by atoms with E-state index in [2.05, 4.69) is 0 Å². The van der Waals surface area contributed by atoms with Gasteiger partial charge in [0.1, 0.15) is 0 Å². The Morgan fingerprint density at radius 2 is 1.52 bits per heavy atom. The monoisotopic (exact) mass is 337 g/mol. The second kappa shape index (κ2) is 5.14. The smallest absolute Gasteiger partial charge is 0.339 e. The highest BCUT2D eigenvalue weighted by atomic mass is 19.4. The lowest BCUT2D eigenvalue weighted by atomic mass is 9.88. The highest BCUT2D eigenvalue weighted by Gasteiger charge is 2.45. The Morgan fingerprint density at radius 1 is 0.957 bits per heavy atom. The van der Waals surface area contributed by atoms with Crippen molar-refractivity contribution in [3.8, 4) is 0 Å². The SMILES string of the molecule is O=C1CC(c2cc(C(F)(F)F)cc(C(F)(F)F)c2)C2CCCN12. The molecule has 1 aromatic carbocycles. The van der Waals surface area contributed by atoms with Gasteiger partial charge in [0.25, 0.3) is 0 Å². The van der Waals surface area contributed by atoms with Gasteiger partial charge >= 0.3 is 12.4 Å². The van der Waals surface area contributed by atoms with Gasteiger partial charge in [-0.25, -0.2) is 0 Å². The summed E-state index contributed by atoms with van der Waals surface area (Å²) in [5, 5.41) is 0. The molecule has 1 amide bonds. The number of amides is 1. The van der Waals surface area contributed by atoms with Crippen molar-refractivity contribution in [2.24, 2.45) is 0 Å². The molecule has 2 heterocycles. The van der Waals surface area contributed by atoms with Gasteiger partial charge in [-0.05, 0) is 36.6 Å². The van der Waals surface area contributed by atoms with Crippen LogP contribution >= 0.6 is 0 Å². The third kappa shape index (κ3) is 2.90. The molecule has 1 aromatic rings. The van der Waals surface area contributed by atoms with Crippen molar-refractivity contribution in [3.05, 3.63) is 34.9 Å². The van der Waals surface area contributed by atoms with Crippen LogP contribution in [0.5, 0.6) is 0 Å². The van der Waals surface area contributed by atoms with Gasteiger partial charge in [0, 0.05) is 24.9 Å². The van der Waals surface area contributed by atoms with E-state index in [9.17, 15) is 31.1 Å². The summed E-state index contributed by atoms with van der Waals surface area (Å²) < 4.78 is 77.5. The third-order valence-electron chi connectivity index (χ3n) is 4.52. The molecule has 2 nitrogen and oxygen atoms in total. The van der Waals surface area contributed by atoms with Crippen LogP contribution in [0.1, 0.15) is 41.9 Å². The zero-order chi connectivity index (χ0) is 17.0. The maximum Gasteiger partial charge on any atom is 0.416 e. The van der Waals surface area contributed by atoms with Crippen LogP contribution in [-0.4, -0.2) is 23.4 Å². The summed E-state index contributed by atoms with van der Waals surface area (Å²) in [6.45, 7) is 0.519. The van der Waals surface area contributed by atoms with Crippen LogP contribution in [0.4, 0.5) is 26.3 Å². The zero-order valence-electron chi connectivity index (χ0n) is 11.8. The number of hydrogen-bond acceptors (Lipinski definition) is 1. The van der Waals surface area contributed by atoms with E-state index in [-0.39, 0.29) is 30.0 Å². The van der Waals surface area contributed by atoms with Crippen LogP contribution in [0.3, 0.4) is 0 Å². The van der Waals surface area contributed by atoms with Gasteiger partial charge in [-0.2, -0.15) is 26.3 Å². The molecule has 2 aliphatic rings. The molecule has 2 aliphatic heterocycles. The number of nitrogens with zero attached hydrogens (tertiary/aromatic N) is 1. The van der Waals surface area contributed by atoms with Crippen LogP contribution in [0.2, 0.25) is 0 Å². The maximum absolute atomic E-state index is 12.9. The molecule has 3 rings (SSSR count). The molecule has 0 bridgehead atoms. The second-order valence-electron chi connectivity index (χ2n) is 5.95. The summed E-state index contributed by atoms with van der Waals surface area (Å²) in [5.41, 5.74) is -2.72. The Balaban J connectivity index is 2.06. The minimum atomic E-state index is -4.87. The van der Waals surface area contributed by atoms with E-state index in [1.807, 2.05) is 0 Å². The molecule has 2 unspecified atom stereocenters. The van der Waals surface area contributed by atoms with Gasteiger partial charge in [-0.1, -0.05) is 0 Å². The Labute approximate surface area is 128 Å². The number of alkyl halides is 6. The molecule has 126 valence electrons. The number of fused-ring (bicyclic) bond motifs is 1. The molecular weight excluding hydrogens is 324 g/mol. The van der Waals surface area contributed by atoms with E-state index in [1.165, 1.54) is 0 Å². The molecule has 23 heavy (non-hydrogen) atoms. The van der Waals surface area contributed by atoms with Gasteiger partial charge in [-0.15, -0.1) is 0 Å². The standard InChI is InChI=1S/C15H13F6NO/c16-14(17,18)9-4-8(5-10(6-9)15(19,20)21)11-7-13(23)22-3-1-2-12(11)22/h4-6,11-12H,1-3,7H2. The summed E-state index contributed by atoms with van der Waals surface area (Å²) in [4.78, 5) is 13.5. The molecule has 0 saturated carbocycles. The molecule has 0 aliphatic carbocycles. The first-order chi connectivity index (χ1) is 10.6. The Hall–Kier alpha value is -1.73. The van der Waals surface area contributed by atoms with Gasteiger partial charge in [-0.3, -0.25) is 4.79 Å². The first-order valence-corrected chi connectivity index (χ1v) is 7.16. The molecular formula is C15H13F6NO. The van der Waals surface area contributed by atoms with Crippen molar-refractivity contribution in [2.75, 3.05) is 6.54 Å². The van der Waals surface area contributed by atoms with Gasteiger partial charge < -0.3 is 4.90 Å². The normalized spacial score (nSPS) is 25.1. The van der Waals surface area contributed by atoms with E-state index in [4.69, 9.17) is 0 Å². The fourth-order valence-electron chi connectivity index (χ4n) is 3.49. The molecule has 8 heteroatoms. The van der Waals surface area contributed by atoms with E-state index < -0.39 is 29.4 Å². The zero-order valence-corrected chi connectivity index (χ0v) is 11.8. The Kier molecular flexibility index (Phi) is 3.61. The Bertz CT molecular complexity index is 604. The largest absolute Gasteiger partial charge is 0.416 e. The molecule has 0 aromatic heterocycles. The minimum Gasteiger partial charge on any atom is -0.339 e. The lowest BCUT2D eigenvalue weighted by molar-refractivity contribution is -0.143. The fraction of sp³-hybridized carbons (Fsp3) is 0.533. The number of carbonyl (C=O) groups excluding carboxylic acids is 1. The van der Waals surface area contributed by atoms with Gasteiger partial charge in [0.15, 0.2) is 0 Å². The summed E-state index contributed by atoms with van der Waals surface area (Å²) in [5.74, 6) is -0.822. The summed E-state index contributed by atoms with van der Waals surface area (Å²) in [6.07, 6.45) is -8.45. The van der Waals surface area contributed by atoms with Crippen LogP contribution in [-0.2, 0) is 17.1 Å². The third-order valence-corrected chi connectivity index (χ3v) is 4.52. The highest BCUT2D eigenvalue weighted by Crippen LogP contribution is 2.43. The van der Waals surface area contributed by atoms with Crippen molar-refractivity contribution < 1.29 is 31.1 Å². The van der Waals surface area contributed by atoms with Crippen molar-refractivity contribution in [3.63, 3.8) is 0 Å². The van der Waals surface area contributed by atoms with E-state index in [0.717, 1.165) is 18.6 Å². The minimum absolute atomic E-state index is 0.0384. The predicted molar refractivity (Wildman–Crippen MR) is 68.5 cm³/mol. The number of rotatable bonds is 1. The predicted octanol–water partition coefficient (Wildman–Crippen LogP) is 4.20. The molecule has 2 atom stereocenters. The average molecular weight is 337 g/mol. The van der Waals surface area contributed by atoms with E-state index in [1.54, 1.807) is 4.90 Å². The topological polar surface area (TPSA) is 20.3 Å². The Morgan fingerprint density at radius 3 is 2.04 bits per heavy atom. The second-order valence-corrected chi connectivity index (χ2v) is 5.95. The van der Waals surface area contributed by atoms with Crippen molar-refractivity contribution in [1.29, 1.82) is 0 Å².